The fraction of sp³-hybridized carbons (Fsp3) is 0.227. The second-order valence-electron chi connectivity index (χ2n) is 6.39. The standard InChI is InChI=1S/C22H22O2/c1-5-7-17-8-6-9-19-20(23)15(4)21(24-22(17)19)18-12-10-16(11-13-18)14(2)3/h5-14H,1-4H3/b7-5-. The normalized spacial score (nSPS) is 11.7. The minimum Gasteiger partial charge on any atom is -0.455 e. The second kappa shape index (κ2) is 6.48. The summed E-state index contributed by atoms with van der Waals surface area (Å²) in [6.45, 7) is 8.12. The number of hydrogen-bond donors (Lipinski definition) is 0. The highest BCUT2D eigenvalue weighted by Crippen LogP contribution is 2.29. The summed E-state index contributed by atoms with van der Waals surface area (Å²) in [5.41, 5.74) is 4.46. The predicted molar refractivity (Wildman–Crippen MR) is 101 cm³/mol. The van der Waals surface area contributed by atoms with Crippen LogP contribution in [0, 0.1) is 6.92 Å². The Kier molecular flexibility index (Phi) is 4.39. The Hall–Kier alpha value is -2.61. The molecule has 1 heterocycles. The molecular weight excluding hydrogens is 296 g/mol. The van der Waals surface area contributed by atoms with Crippen LogP contribution in [-0.4, -0.2) is 0 Å². The predicted octanol–water partition coefficient (Wildman–Crippen LogP) is 5.92. The molecule has 0 aliphatic carbocycles. The Bertz CT molecular complexity index is 958. The van der Waals surface area contributed by atoms with Crippen LogP contribution in [0.1, 0.15) is 43.4 Å². The van der Waals surface area contributed by atoms with E-state index in [9.17, 15) is 4.79 Å². The lowest BCUT2D eigenvalue weighted by Crippen LogP contribution is -2.07. The van der Waals surface area contributed by atoms with Crippen molar-refractivity contribution in [3.05, 3.63) is 75.5 Å². The summed E-state index contributed by atoms with van der Waals surface area (Å²) in [6, 6.07) is 13.9. The minimum atomic E-state index is 0.0329. The summed E-state index contributed by atoms with van der Waals surface area (Å²) < 4.78 is 6.19. The third-order valence-corrected chi connectivity index (χ3v) is 4.36. The lowest BCUT2D eigenvalue weighted by molar-refractivity contribution is 0.613. The molecule has 0 atom stereocenters. The van der Waals surface area contributed by atoms with Crippen LogP contribution in [0.3, 0.4) is 0 Å². The molecule has 0 saturated heterocycles. The number of fused-ring (bicyclic) bond motifs is 1. The van der Waals surface area contributed by atoms with Crippen LogP contribution >= 0.6 is 0 Å². The van der Waals surface area contributed by atoms with Crippen LogP contribution in [0.2, 0.25) is 0 Å². The van der Waals surface area contributed by atoms with Crippen molar-refractivity contribution in [2.24, 2.45) is 0 Å². The fourth-order valence-electron chi connectivity index (χ4n) is 2.94. The van der Waals surface area contributed by atoms with Gasteiger partial charge in [-0.3, -0.25) is 4.79 Å². The molecule has 0 aliphatic heterocycles. The summed E-state index contributed by atoms with van der Waals surface area (Å²) in [5, 5.41) is 0.630. The molecular formula is C22H22O2. The van der Waals surface area contributed by atoms with Gasteiger partial charge in [0.15, 0.2) is 5.43 Å². The highest BCUT2D eigenvalue weighted by Gasteiger charge is 2.14. The molecule has 122 valence electrons. The van der Waals surface area contributed by atoms with Crippen LogP contribution in [-0.2, 0) is 0 Å². The maximum atomic E-state index is 12.8. The van der Waals surface area contributed by atoms with Gasteiger partial charge in [0.25, 0.3) is 0 Å². The fourth-order valence-corrected chi connectivity index (χ4v) is 2.94. The number of benzene rings is 2. The first-order valence-electron chi connectivity index (χ1n) is 8.32. The molecule has 0 N–H and O–H groups in total. The van der Waals surface area contributed by atoms with Gasteiger partial charge in [0.1, 0.15) is 11.3 Å². The quantitative estimate of drug-likeness (QED) is 0.599. The van der Waals surface area contributed by atoms with Gasteiger partial charge >= 0.3 is 0 Å². The molecule has 1 aromatic heterocycles. The number of hydrogen-bond acceptors (Lipinski definition) is 2. The van der Waals surface area contributed by atoms with Gasteiger partial charge in [0.05, 0.1) is 5.39 Å². The molecule has 0 spiro atoms. The molecule has 0 fully saturated rings. The average molecular weight is 318 g/mol. The third-order valence-electron chi connectivity index (χ3n) is 4.36. The molecule has 2 aromatic carbocycles. The van der Waals surface area contributed by atoms with Gasteiger partial charge in [-0.05, 0) is 31.4 Å². The summed E-state index contributed by atoms with van der Waals surface area (Å²) >= 11 is 0. The zero-order valence-electron chi connectivity index (χ0n) is 14.6. The van der Waals surface area contributed by atoms with E-state index in [0.717, 1.165) is 11.1 Å². The van der Waals surface area contributed by atoms with E-state index < -0.39 is 0 Å². The smallest absolute Gasteiger partial charge is 0.196 e. The summed E-state index contributed by atoms with van der Waals surface area (Å²) in [7, 11) is 0. The van der Waals surface area contributed by atoms with E-state index in [4.69, 9.17) is 4.42 Å². The van der Waals surface area contributed by atoms with Crippen molar-refractivity contribution in [1.29, 1.82) is 0 Å². The molecule has 0 radical (unpaired) electrons. The first kappa shape index (κ1) is 16.3. The molecule has 2 heteroatoms. The van der Waals surface area contributed by atoms with Crippen molar-refractivity contribution in [1.82, 2.24) is 0 Å². The van der Waals surface area contributed by atoms with E-state index in [1.807, 2.05) is 56.3 Å². The molecule has 0 saturated carbocycles. The highest BCUT2D eigenvalue weighted by molar-refractivity contribution is 5.87. The van der Waals surface area contributed by atoms with Gasteiger partial charge in [-0.1, -0.05) is 62.4 Å². The lowest BCUT2D eigenvalue weighted by Gasteiger charge is -2.10. The summed E-state index contributed by atoms with van der Waals surface area (Å²) in [5.74, 6) is 1.13. The minimum absolute atomic E-state index is 0.0329. The number of allylic oxidation sites excluding steroid dienone is 1. The van der Waals surface area contributed by atoms with Gasteiger partial charge in [-0.25, -0.2) is 0 Å². The number of para-hydroxylation sites is 1. The molecule has 24 heavy (non-hydrogen) atoms. The Morgan fingerprint density at radius 3 is 2.38 bits per heavy atom. The monoisotopic (exact) mass is 318 g/mol. The van der Waals surface area contributed by atoms with Gasteiger partial charge in [-0.2, -0.15) is 0 Å². The molecule has 0 unspecified atom stereocenters. The maximum Gasteiger partial charge on any atom is 0.196 e. The molecule has 3 aromatic rings. The zero-order chi connectivity index (χ0) is 17.3. The summed E-state index contributed by atoms with van der Waals surface area (Å²) in [6.07, 6.45) is 3.91. The topological polar surface area (TPSA) is 30.2 Å². The average Bonchev–Trinajstić information content (AvgIpc) is 2.59. The third kappa shape index (κ3) is 2.80. The molecule has 3 rings (SSSR count). The first-order chi connectivity index (χ1) is 11.5. The highest BCUT2D eigenvalue weighted by atomic mass is 16.3. The zero-order valence-corrected chi connectivity index (χ0v) is 14.6. The van der Waals surface area contributed by atoms with E-state index in [2.05, 4.69) is 26.0 Å². The van der Waals surface area contributed by atoms with Crippen LogP contribution in [0.15, 0.2) is 57.8 Å². The van der Waals surface area contributed by atoms with Crippen LogP contribution < -0.4 is 5.43 Å². The van der Waals surface area contributed by atoms with Crippen LogP contribution in [0.4, 0.5) is 0 Å². The van der Waals surface area contributed by atoms with E-state index in [1.165, 1.54) is 5.56 Å². The van der Waals surface area contributed by atoms with Crippen molar-refractivity contribution in [2.75, 3.05) is 0 Å². The van der Waals surface area contributed by atoms with Crippen molar-refractivity contribution >= 4 is 17.0 Å². The van der Waals surface area contributed by atoms with Crippen molar-refractivity contribution in [3.8, 4) is 11.3 Å². The Labute approximate surface area is 142 Å². The van der Waals surface area contributed by atoms with E-state index in [-0.39, 0.29) is 5.43 Å². The van der Waals surface area contributed by atoms with Gasteiger partial charge < -0.3 is 4.42 Å². The second-order valence-corrected chi connectivity index (χ2v) is 6.39. The van der Waals surface area contributed by atoms with Gasteiger partial charge in [-0.15, -0.1) is 0 Å². The van der Waals surface area contributed by atoms with Crippen LogP contribution in [0.5, 0.6) is 0 Å². The van der Waals surface area contributed by atoms with Crippen molar-refractivity contribution < 1.29 is 4.42 Å². The van der Waals surface area contributed by atoms with Crippen molar-refractivity contribution in [3.63, 3.8) is 0 Å². The molecule has 0 bridgehead atoms. The van der Waals surface area contributed by atoms with Crippen molar-refractivity contribution in [2.45, 2.75) is 33.6 Å². The Balaban J connectivity index is 2.26. The van der Waals surface area contributed by atoms with Gasteiger partial charge in [0, 0.05) is 16.7 Å². The van der Waals surface area contributed by atoms with Crippen LogP contribution in [0.25, 0.3) is 28.4 Å². The SMILES string of the molecule is C/C=C\c1cccc2c(=O)c(C)c(-c3ccc(C(C)C)cc3)oc12. The van der Waals surface area contributed by atoms with Gasteiger partial charge in [0.2, 0.25) is 0 Å². The largest absolute Gasteiger partial charge is 0.455 e. The van der Waals surface area contributed by atoms with E-state index in [0.29, 0.717) is 28.2 Å². The van der Waals surface area contributed by atoms with E-state index >= 15 is 0 Å². The lowest BCUT2D eigenvalue weighted by atomic mass is 9.99. The first-order valence-corrected chi connectivity index (χ1v) is 8.32. The van der Waals surface area contributed by atoms with E-state index in [1.54, 1.807) is 0 Å². The molecule has 0 aliphatic rings. The maximum absolute atomic E-state index is 12.8. The number of rotatable bonds is 3. The molecule has 2 nitrogen and oxygen atoms in total. The summed E-state index contributed by atoms with van der Waals surface area (Å²) in [4.78, 5) is 12.8. The molecule has 0 amide bonds. The Morgan fingerprint density at radius 1 is 1.04 bits per heavy atom. The Morgan fingerprint density at radius 2 is 1.75 bits per heavy atom.